The Hall–Kier alpha value is -3.41. The lowest BCUT2D eigenvalue weighted by atomic mass is 10.1. The first-order valence-corrected chi connectivity index (χ1v) is 8.99. The molecule has 0 heterocycles. The fraction of sp³-hybridized carbons (Fsp3) is 0.227. The van der Waals surface area contributed by atoms with Crippen LogP contribution in [0.25, 0.3) is 6.08 Å². The summed E-state index contributed by atoms with van der Waals surface area (Å²) in [6.07, 6.45) is 3.71. The SMILES string of the molecule is COC(=O)c1ccc(/C=C/C(=O)O[C@H](C(=O)NC2CC2)c2ccccc2)cc1. The second kappa shape index (κ2) is 8.99. The lowest BCUT2D eigenvalue weighted by molar-refractivity contribution is -0.151. The van der Waals surface area contributed by atoms with Crippen molar-refractivity contribution in [1.29, 1.82) is 0 Å². The van der Waals surface area contributed by atoms with Crippen LogP contribution >= 0.6 is 0 Å². The molecule has 0 unspecified atom stereocenters. The Labute approximate surface area is 163 Å². The zero-order chi connectivity index (χ0) is 19.9. The van der Waals surface area contributed by atoms with Crippen LogP contribution < -0.4 is 5.32 Å². The Kier molecular flexibility index (Phi) is 6.22. The van der Waals surface area contributed by atoms with E-state index in [-0.39, 0.29) is 11.9 Å². The van der Waals surface area contributed by atoms with E-state index in [1.165, 1.54) is 13.2 Å². The number of esters is 2. The summed E-state index contributed by atoms with van der Waals surface area (Å²) >= 11 is 0. The van der Waals surface area contributed by atoms with Crippen molar-refractivity contribution in [3.8, 4) is 0 Å². The van der Waals surface area contributed by atoms with Crippen molar-refractivity contribution in [2.45, 2.75) is 25.0 Å². The highest BCUT2D eigenvalue weighted by Crippen LogP contribution is 2.23. The van der Waals surface area contributed by atoms with Gasteiger partial charge in [-0.05, 0) is 36.6 Å². The van der Waals surface area contributed by atoms with Gasteiger partial charge < -0.3 is 14.8 Å². The standard InChI is InChI=1S/C22H21NO5/c1-27-22(26)17-10-7-15(8-11-17)9-14-19(24)28-20(16-5-3-2-4-6-16)21(25)23-18-12-13-18/h2-11,14,18,20H,12-13H2,1H3,(H,23,25)/b14-9+/t20-/m0/s1. The van der Waals surface area contributed by atoms with Crippen LogP contribution in [0.4, 0.5) is 0 Å². The van der Waals surface area contributed by atoms with E-state index in [2.05, 4.69) is 10.1 Å². The van der Waals surface area contributed by atoms with Crippen LogP contribution in [0, 0.1) is 0 Å². The molecule has 28 heavy (non-hydrogen) atoms. The smallest absolute Gasteiger partial charge is 0.337 e. The van der Waals surface area contributed by atoms with E-state index in [9.17, 15) is 14.4 Å². The van der Waals surface area contributed by atoms with E-state index < -0.39 is 18.0 Å². The van der Waals surface area contributed by atoms with Gasteiger partial charge in [-0.1, -0.05) is 42.5 Å². The van der Waals surface area contributed by atoms with Crippen molar-refractivity contribution in [3.05, 3.63) is 77.4 Å². The first kappa shape index (κ1) is 19.4. The van der Waals surface area contributed by atoms with Crippen LogP contribution in [0.2, 0.25) is 0 Å². The van der Waals surface area contributed by atoms with Gasteiger partial charge in [-0.2, -0.15) is 0 Å². The van der Waals surface area contributed by atoms with Crippen LogP contribution in [0.5, 0.6) is 0 Å². The van der Waals surface area contributed by atoms with Gasteiger partial charge in [-0.15, -0.1) is 0 Å². The summed E-state index contributed by atoms with van der Waals surface area (Å²) in [5, 5.41) is 2.87. The fourth-order valence-corrected chi connectivity index (χ4v) is 2.57. The average molecular weight is 379 g/mol. The molecule has 1 N–H and O–H groups in total. The van der Waals surface area contributed by atoms with Crippen molar-refractivity contribution in [2.24, 2.45) is 0 Å². The molecule has 0 radical (unpaired) electrons. The van der Waals surface area contributed by atoms with Crippen LogP contribution in [0.1, 0.15) is 40.4 Å². The molecule has 6 heteroatoms. The van der Waals surface area contributed by atoms with Crippen molar-refractivity contribution in [2.75, 3.05) is 7.11 Å². The second-order valence-electron chi connectivity index (χ2n) is 6.46. The van der Waals surface area contributed by atoms with Gasteiger partial charge in [0.15, 0.2) is 0 Å². The number of benzene rings is 2. The Morgan fingerprint density at radius 2 is 1.71 bits per heavy atom. The van der Waals surface area contributed by atoms with E-state index in [4.69, 9.17) is 4.74 Å². The molecule has 1 atom stereocenters. The van der Waals surface area contributed by atoms with Gasteiger partial charge >= 0.3 is 11.9 Å². The Morgan fingerprint density at radius 1 is 1.04 bits per heavy atom. The van der Waals surface area contributed by atoms with Crippen LogP contribution in [-0.4, -0.2) is 31.0 Å². The van der Waals surface area contributed by atoms with E-state index >= 15 is 0 Å². The van der Waals surface area contributed by atoms with Crippen LogP contribution in [0.3, 0.4) is 0 Å². The highest BCUT2D eigenvalue weighted by molar-refractivity contribution is 5.92. The number of hydrogen-bond donors (Lipinski definition) is 1. The van der Waals surface area contributed by atoms with Crippen molar-refractivity contribution >= 4 is 23.9 Å². The molecule has 0 bridgehead atoms. The molecule has 2 aromatic carbocycles. The second-order valence-corrected chi connectivity index (χ2v) is 6.46. The van der Waals surface area contributed by atoms with E-state index in [1.54, 1.807) is 54.6 Å². The number of carbonyl (C=O) groups is 3. The minimum atomic E-state index is -0.999. The van der Waals surface area contributed by atoms with Gasteiger partial charge in [0.05, 0.1) is 12.7 Å². The molecule has 6 nitrogen and oxygen atoms in total. The maximum atomic E-state index is 12.5. The topological polar surface area (TPSA) is 81.7 Å². The zero-order valence-electron chi connectivity index (χ0n) is 15.5. The first-order valence-electron chi connectivity index (χ1n) is 8.99. The molecule has 1 fully saturated rings. The third kappa shape index (κ3) is 5.30. The number of carbonyl (C=O) groups excluding carboxylic acids is 3. The number of methoxy groups -OCH3 is 1. The number of ether oxygens (including phenoxy) is 2. The fourth-order valence-electron chi connectivity index (χ4n) is 2.57. The normalized spacial score (nSPS) is 14.3. The predicted molar refractivity (Wildman–Crippen MR) is 103 cm³/mol. The lowest BCUT2D eigenvalue weighted by Gasteiger charge is -2.17. The average Bonchev–Trinajstić information content (AvgIpc) is 3.54. The molecule has 0 aliphatic heterocycles. The molecule has 2 aromatic rings. The van der Waals surface area contributed by atoms with Gasteiger partial charge in [-0.25, -0.2) is 9.59 Å². The number of hydrogen-bond acceptors (Lipinski definition) is 5. The lowest BCUT2D eigenvalue weighted by Crippen LogP contribution is -2.33. The molecular formula is C22H21NO5. The molecule has 1 aliphatic carbocycles. The maximum Gasteiger partial charge on any atom is 0.337 e. The van der Waals surface area contributed by atoms with Gasteiger partial charge in [0, 0.05) is 17.7 Å². The van der Waals surface area contributed by atoms with E-state index in [0.717, 1.165) is 12.8 Å². The Bertz CT molecular complexity index is 870. The monoisotopic (exact) mass is 379 g/mol. The summed E-state index contributed by atoms with van der Waals surface area (Å²) in [5.41, 5.74) is 1.75. The first-order chi connectivity index (χ1) is 13.6. The summed E-state index contributed by atoms with van der Waals surface area (Å²) in [5.74, 6) is -1.38. The molecule has 144 valence electrons. The van der Waals surface area contributed by atoms with Crippen LogP contribution in [-0.2, 0) is 19.1 Å². The van der Waals surface area contributed by atoms with Gasteiger partial charge in [0.25, 0.3) is 5.91 Å². The summed E-state index contributed by atoms with van der Waals surface area (Å²) < 4.78 is 10.1. The van der Waals surface area contributed by atoms with Crippen molar-refractivity contribution in [3.63, 3.8) is 0 Å². The zero-order valence-corrected chi connectivity index (χ0v) is 15.5. The maximum absolute atomic E-state index is 12.5. The summed E-state index contributed by atoms with van der Waals surface area (Å²) in [7, 11) is 1.31. The van der Waals surface area contributed by atoms with Gasteiger partial charge in [0.2, 0.25) is 6.10 Å². The summed E-state index contributed by atoms with van der Waals surface area (Å²) in [6.45, 7) is 0. The molecule has 1 aliphatic rings. The largest absolute Gasteiger partial charge is 0.465 e. The third-order valence-corrected chi connectivity index (χ3v) is 4.24. The molecule has 0 aromatic heterocycles. The minimum absolute atomic E-state index is 0.168. The van der Waals surface area contributed by atoms with Gasteiger partial charge in [-0.3, -0.25) is 4.79 Å². The van der Waals surface area contributed by atoms with Crippen molar-refractivity contribution in [1.82, 2.24) is 5.32 Å². The third-order valence-electron chi connectivity index (χ3n) is 4.24. The number of amides is 1. The Morgan fingerprint density at radius 3 is 2.32 bits per heavy atom. The summed E-state index contributed by atoms with van der Waals surface area (Å²) in [4.78, 5) is 36.2. The summed E-state index contributed by atoms with van der Waals surface area (Å²) in [6, 6.07) is 15.7. The van der Waals surface area contributed by atoms with Gasteiger partial charge in [0.1, 0.15) is 0 Å². The van der Waals surface area contributed by atoms with Crippen molar-refractivity contribution < 1.29 is 23.9 Å². The van der Waals surface area contributed by atoms with Crippen LogP contribution in [0.15, 0.2) is 60.7 Å². The molecule has 1 saturated carbocycles. The minimum Gasteiger partial charge on any atom is -0.465 e. The number of rotatable bonds is 7. The quantitative estimate of drug-likeness (QED) is 0.591. The highest BCUT2D eigenvalue weighted by Gasteiger charge is 2.30. The number of nitrogens with one attached hydrogen (secondary N) is 1. The molecule has 3 rings (SSSR count). The molecule has 1 amide bonds. The molecule has 0 saturated heterocycles. The van der Waals surface area contributed by atoms with E-state index in [1.807, 2.05) is 6.07 Å². The van der Waals surface area contributed by atoms with E-state index in [0.29, 0.717) is 16.7 Å². The Balaban J connectivity index is 1.66. The molecular weight excluding hydrogens is 358 g/mol. The predicted octanol–water partition coefficient (Wildman–Crippen LogP) is 3.05. The highest BCUT2D eigenvalue weighted by atomic mass is 16.5. The molecule has 0 spiro atoms.